The molecule has 0 aliphatic carbocycles. The third-order valence-corrected chi connectivity index (χ3v) is 6.72. The van der Waals surface area contributed by atoms with Crippen LogP contribution in [0.15, 0.2) is 35.1 Å². The van der Waals surface area contributed by atoms with Crippen LogP contribution >= 0.6 is 0 Å². The summed E-state index contributed by atoms with van der Waals surface area (Å²) in [7, 11) is 0. The standard InChI is InChI=1S/C24H27N5O3/c1-15-7-3-4-8-17(15)23(31)28-11-6-5-9-21(28)20-13-22-25-19-10-12-27(16(2)30)14-18(19)24(32)29(22)26-20/h3-4,7-8,13,21,26H,5-6,9-12,14H2,1-2H3/t21-/m1/s1. The van der Waals surface area contributed by atoms with Crippen molar-refractivity contribution in [2.24, 2.45) is 0 Å². The number of aromatic nitrogens is 3. The molecule has 4 heterocycles. The van der Waals surface area contributed by atoms with E-state index in [2.05, 4.69) is 5.10 Å². The van der Waals surface area contributed by atoms with Gasteiger partial charge in [-0.3, -0.25) is 19.5 Å². The van der Waals surface area contributed by atoms with Crippen molar-refractivity contribution in [2.45, 2.75) is 52.1 Å². The lowest BCUT2D eigenvalue weighted by Crippen LogP contribution is -2.39. The van der Waals surface area contributed by atoms with Gasteiger partial charge < -0.3 is 9.80 Å². The number of nitrogens with one attached hydrogen (secondary N) is 1. The molecule has 1 N–H and O–H groups in total. The van der Waals surface area contributed by atoms with Crippen LogP contribution in [0.3, 0.4) is 0 Å². The van der Waals surface area contributed by atoms with Gasteiger partial charge in [-0.25, -0.2) is 9.50 Å². The van der Waals surface area contributed by atoms with E-state index in [0.717, 1.165) is 36.2 Å². The molecule has 0 unspecified atom stereocenters. The zero-order chi connectivity index (χ0) is 22.4. The van der Waals surface area contributed by atoms with E-state index in [1.807, 2.05) is 42.2 Å². The highest BCUT2D eigenvalue weighted by Gasteiger charge is 2.31. The first-order valence-electron chi connectivity index (χ1n) is 11.2. The molecule has 1 atom stereocenters. The summed E-state index contributed by atoms with van der Waals surface area (Å²) in [5.74, 6) is -0.0250. The maximum atomic E-state index is 13.4. The van der Waals surface area contributed by atoms with E-state index in [4.69, 9.17) is 4.98 Å². The van der Waals surface area contributed by atoms with Crippen molar-refractivity contribution in [2.75, 3.05) is 13.1 Å². The van der Waals surface area contributed by atoms with Crippen LogP contribution in [-0.4, -0.2) is 49.3 Å². The highest BCUT2D eigenvalue weighted by molar-refractivity contribution is 5.96. The Hall–Kier alpha value is -3.42. The number of hydrogen-bond acceptors (Lipinski definition) is 4. The minimum atomic E-state index is -0.171. The number of hydrogen-bond donors (Lipinski definition) is 1. The number of nitrogens with zero attached hydrogens (tertiary/aromatic N) is 4. The second-order valence-corrected chi connectivity index (χ2v) is 8.76. The third kappa shape index (κ3) is 3.39. The van der Waals surface area contributed by atoms with E-state index in [1.54, 1.807) is 4.90 Å². The lowest BCUT2D eigenvalue weighted by molar-refractivity contribution is -0.129. The SMILES string of the molecule is CC(=O)N1CCc2nc3cc([C@H]4CCCCN4C(=O)c4ccccc4C)[nH]n3c(=O)c2C1. The van der Waals surface area contributed by atoms with Gasteiger partial charge in [0.1, 0.15) is 0 Å². The Morgan fingerprint density at radius 2 is 1.97 bits per heavy atom. The molecule has 32 heavy (non-hydrogen) atoms. The van der Waals surface area contributed by atoms with Gasteiger partial charge in [0.2, 0.25) is 5.91 Å². The molecule has 8 heteroatoms. The number of benzene rings is 1. The van der Waals surface area contributed by atoms with Gasteiger partial charge in [0.15, 0.2) is 5.65 Å². The summed E-state index contributed by atoms with van der Waals surface area (Å²) in [5.41, 5.74) is 4.21. The average Bonchev–Trinajstić information content (AvgIpc) is 3.23. The second-order valence-electron chi connectivity index (χ2n) is 8.76. The van der Waals surface area contributed by atoms with Crippen LogP contribution in [0.4, 0.5) is 0 Å². The molecule has 1 aromatic carbocycles. The lowest BCUT2D eigenvalue weighted by atomic mass is 9.97. The molecule has 1 fully saturated rings. The molecule has 2 aliphatic heterocycles. The van der Waals surface area contributed by atoms with E-state index in [-0.39, 0.29) is 30.0 Å². The molecule has 2 amide bonds. The fourth-order valence-corrected chi connectivity index (χ4v) is 4.91. The highest BCUT2D eigenvalue weighted by Crippen LogP contribution is 2.32. The second kappa shape index (κ2) is 7.93. The fraction of sp³-hybridized carbons (Fsp3) is 0.417. The molecule has 5 rings (SSSR count). The van der Waals surface area contributed by atoms with Gasteiger partial charge in [0.05, 0.1) is 29.5 Å². The minimum Gasteiger partial charge on any atom is -0.338 e. The first-order chi connectivity index (χ1) is 15.4. The van der Waals surface area contributed by atoms with Crippen LogP contribution in [0, 0.1) is 6.92 Å². The normalized spacial score (nSPS) is 18.6. The Bertz CT molecular complexity index is 1270. The largest absolute Gasteiger partial charge is 0.338 e. The van der Waals surface area contributed by atoms with E-state index in [1.165, 1.54) is 11.4 Å². The number of carbonyl (C=O) groups excluding carboxylic acids is 2. The number of fused-ring (bicyclic) bond motifs is 2. The molecule has 0 radical (unpaired) electrons. The Kier molecular flexibility index (Phi) is 5.07. The fourth-order valence-electron chi connectivity index (χ4n) is 4.91. The Morgan fingerprint density at radius 3 is 2.75 bits per heavy atom. The summed E-state index contributed by atoms with van der Waals surface area (Å²) in [6, 6.07) is 9.41. The highest BCUT2D eigenvalue weighted by atomic mass is 16.2. The van der Waals surface area contributed by atoms with Crippen molar-refractivity contribution in [3.63, 3.8) is 0 Å². The molecule has 2 aliphatic rings. The van der Waals surface area contributed by atoms with Gasteiger partial charge in [-0.2, -0.15) is 0 Å². The average molecular weight is 434 g/mol. The summed E-state index contributed by atoms with van der Waals surface area (Å²) in [4.78, 5) is 46.7. The number of rotatable bonds is 2. The van der Waals surface area contributed by atoms with E-state index < -0.39 is 0 Å². The first-order valence-corrected chi connectivity index (χ1v) is 11.2. The number of aryl methyl sites for hydroxylation is 1. The zero-order valence-corrected chi connectivity index (χ0v) is 18.4. The number of carbonyl (C=O) groups is 2. The number of piperidine rings is 1. The monoisotopic (exact) mass is 433 g/mol. The molecule has 3 aromatic rings. The van der Waals surface area contributed by atoms with E-state index >= 15 is 0 Å². The Balaban J connectivity index is 1.53. The van der Waals surface area contributed by atoms with E-state index in [0.29, 0.717) is 36.3 Å². The molecule has 2 aromatic heterocycles. The van der Waals surface area contributed by atoms with Crippen molar-refractivity contribution in [1.29, 1.82) is 0 Å². The molecule has 8 nitrogen and oxygen atoms in total. The maximum absolute atomic E-state index is 13.4. The maximum Gasteiger partial charge on any atom is 0.277 e. The number of likely N-dealkylation sites (tertiary alicyclic amines) is 1. The van der Waals surface area contributed by atoms with Crippen molar-refractivity contribution in [3.05, 3.63) is 68.8 Å². The minimum absolute atomic E-state index is 0.0168. The quantitative estimate of drug-likeness (QED) is 0.673. The van der Waals surface area contributed by atoms with Crippen LogP contribution in [-0.2, 0) is 17.8 Å². The summed E-state index contributed by atoms with van der Waals surface area (Å²) in [6.45, 7) is 5.01. The summed E-state index contributed by atoms with van der Waals surface area (Å²) < 4.78 is 1.46. The number of H-pyrrole nitrogens is 1. The molecular formula is C24H27N5O3. The van der Waals surface area contributed by atoms with Crippen LogP contribution in [0.25, 0.3) is 5.65 Å². The van der Waals surface area contributed by atoms with Gasteiger partial charge in [0.25, 0.3) is 11.5 Å². The van der Waals surface area contributed by atoms with E-state index in [9.17, 15) is 14.4 Å². The van der Waals surface area contributed by atoms with Crippen LogP contribution in [0.2, 0.25) is 0 Å². The van der Waals surface area contributed by atoms with Gasteiger partial charge >= 0.3 is 0 Å². The van der Waals surface area contributed by atoms with Gasteiger partial charge in [0, 0.05) is 38.1 Å². The van der Waals surface area contributed by atoms with Crippen molar-refractivity contribution >= 4 is 17.5 Å². The zero-order valence-electron chi connectivity index (χ0n) is 18.4. The van der Waals surface area contributed by atoms with Crippen molar-refractivity contribution in [1.82, 2.24) is 24.4 Å². The summed E-state index contributed by atoms with van der Waals surface area (Å²) in [6.07, 6.45) is 3.38. The van der Waals surface area contributed by atoms with Gasteiger partial charge in [-0.1, -0.05) is 18.2 Å². The van der Waals surface area contributed by atoms with Crippen molar-refractivity contribution in [3.8, 4) is 0 Å². The third-order valence-electron chi connectivity index (χ3n) is 6.72. The summed E-state index contributed by atoms with van der Waals surface area (Å²) >= 11 is 0. The predicted molar refractivity (Wildman–Crippen MR) is 119 cm³/mol. The topological polar surface area (TPSA) is 90.8 Å². The van der Waals surface area contributed by atoms with Crippen molar-refractivity contribution < 1.29 is 9.59 Å². The molecule has 0 bridgehead atoms. The number of amides is 2. The van der Waals surface area contributed by atoms with Gasteiger partial charge in [-0.15, -0.1) is 0 Å². The van der Waals surface area contributed by atoms with Crippen LogP contribution in [0.1, 0.15) is 65.1 Å². The number of aromatic amines is 1. The van der Waals surface area contributed by atoms with Gasteiger partial charge in [-0.05, 0) is 37.8 Å². The molecule has 0 saturated carbocycles. The summed E-state index contributed by atoms with van der Waals surface area (Å²) in [5, 5.41) is 3.22. The van der Waals surface area contributed by atoms with Crippen LogP contribution in [0.5, 0.6) is 0 Å². The molecule has 0 spiro atoms. The first kappa shape index (κ1) is 20.5. The smallest absolute Gasteiger partial charge is 0.277 e. The lowest BCUT2D eigenvalue weighted by Gasteiger charge is -2.35. The Morgan fingerprint density at radius 1 is 1.16 bits per heavy atom. The van der Waals surface area contributed by atoms with Crippen LogP contribution < -0.4 is 5.56 Å². The molecular weight excluding hydrogens is 406 g/mol. The molecule has 166 valence electrons. The predicted octanol–water partition coefficient (Wildman–Crippen LogP) is 2.60. The molecule has 1 saturated heterocycles. The Labute approximate surface area is 185 Å².